The molecule has 3 heteroatoms. The molecule has 0 aliphatic rings. The van der Waals surface area contributed by atoms with Crippen LogP contribution in [0, 0.1) is 5.92 Å². The standard InChI is InChI=1S/C12H24N2O/c1-5-8-14-12(15)11(4)13-9-6-7-10(2)3/h5,10-11,13H,1,6-9H2,2-4H3,(H,14,15). The van der Waals surface area contributed by atoms with E-state index < -0.39 is 0 Å². The van der Waals surface area contributed by atoms with Gasteiger partial charge in [-0.05, 0) is 32.2 Å². The monoisotopic (exact) mass is 212 g/mol. The first-order valence-corrected chi connectivity index (χ1v) is 5.70. The molecule has 3 nitrogen and oxygen atoms in total. The lowest BCUT2D eigenvalue weighted by atomic mass is 10.1. The van der Waals surface area contributed by atoms with Gasteiger partial charge in [0.1, 0.15) is 0 Å². The molecule has 0 radical (unpaired) electrons. The van der Waals surface area contributed by atoms with Crippen molar-refractivity contribution in [3.63, 3.8) is 0 Å². The molecular formula is C12H24N2O. The third-order valence-electron chi connectivity index (χ3n) is 2.22. The Morgan fingerprint density at radius 2 is 2.07 bits per heavy atom. The summed E-state index contributed by atoms with van der Waals surface area (Å²) in [6, 6.07) is -0.114. The maximum absolute atomic E-state index is 11.4. The zero-order chi connectivity index (χ0) is 11.7. The second-order valence-electron chi connectivity index (χ2n) is 4.25. The van der Waals surface area contributed by atoms with Gasteiger partial charge in [-0.3, -0.25) is 4.79 Å². The van der Waals surface area contributed by atoms with Crippen LogP contribution in [0.25, 0.3) is 0 Å². The Hall–Kier alpha value is -0.830. The van der Waals surface area contributed by atoms with E-state index >= 15 is 0 Å². The molecule has 0 aliphatic carbocycles. The predicted molar refractivity (Wildman–Crippen MR) is 64.7 cm³/mol. The lowest BCUT2D eigenvalue weighted by molar-refractivity contribution is -0.122. The lowest BCUT2D eigenvalue weighted by Crippen LogP contribution is -2.42. The van der Waals surface area contributed by atoms with Gasteiger partial charge in [0.15, 0.2) is 0 Å². The molecule has 0 aliphatic heterocycles. The minimum Gasteiger partial charge on any atom is -0.351 e. The minimum absolute atomic E-state index is 0.0412. The Morgan fingerprint density at radius 3 is 2.60 bits per heavy atom. The van der Waals surface area contributed by atoms with Crippen LogP contribution in [-0.4, -0.2) is 25.0 Å². The highest BCUT2D eigenvalue weighted by Crippen LogP contribution is 2.01. The summed E-state index contributed by atoms with van der Waals surface area (Å²) in [4.78, 5) is 11.4. The molecule has 0 spiro atoms. The first kappa shape index (κ1) is 14.2. The van der Waals surface area contributed by atoms with Gasteiger partial charge in [-0.2, -0.15) is 0 Å². The van der Waals surface area contributed by atoms with Crippen LogP contribution >= 0.6 is 0 Å². The predicted octanol–water partition coefficient (Wildman–Crippen LogP) is 1.70. The van der Waals surface area contributed by atoms with Crippen LogP contribution in [0.1, 0.15) is 33.6 Å². The molecule has 15 heavy (non-hydrogen) atoms. The lowest BCUT2D eigenvalue weighted by Gasteiger charge is -2.13. The molecule has 0 heterocycles. The number of hydrogen-bond donors (Lipinski definition) is 2. The first-order chi connectivity index (χ1) is 7.07. The van der Waals surface area contributed by atoms with Gasteiger partial charge in [-0.1, -0.05) is 19.9 Å². The average Bonchev–Trinajstić information content (AvgIpc) is 2.20. The van der Waals surface area contributed by atoms with Gasteiger partial charge >= 0.3 is 0 Å². The molecule has 0 aromatic heterocycles. The van der Waals surface area contributed by atoms with Crippen LogP contribution < -0.4 is 10.6 Å². The number of carbonyl (C=O) groups is 1. The van der Waals surface area contributed by atoms with Crippen molar-refractivity contribution in [3.8, 4) is 0 Å². The van der Waals surface area contributed by atoms with Crippen LogP contribution in [0.15, 0.2) is 12.7 Å². The fourth-order valence-corrected chi connectivity index (χ4v) is 1.25. The second kappa shape index (κ2) is 8.48. The summed E-state index contributed by atoms with van der Waals surface area (Å²) in [5.74, 6) is 0.774. The van der Waals surface area contributed by atoms with Gasteiger partial charge in [0, 0.05) is 6.54 Å². The van der Waals surface area contributed by atoms with E-state index in [1.165, 1.54) is 6.42 Å². The summed E-state index contributed by atoms with van der Waals surface area (Å²) < 4.78 is 0. The number of rotatable bonds is 8. The fraction of sp³-hybridized carbons (Fsp3) is 0.750. The largest absolute Gasteiger partial charge is 0.351 e. The van der Waals surface area contributed by atoms with Crippen molar-refractivity contribution in [2.75, 3.05) is 13.1 Å². The van der Waals surface area contributed by atoms with E-state index in [1.54, 1.807) is 6.08 Å². The Balaban J connectivity index is 3.50. The molecule has 0 aromatic carbocycles. The van der Waals surface area contributed by atoms with E-state index in [-0.39, 0.29) is 11.9 Å². The first-order valence-electron chi connectivity index (χ1n) is 5.70. The third-order valence-corrected chi connectivity index (χ3v) is 2.22. The van der Waals surface area contributed by atoms with Crippen molar-refractivity contribution in [3.05, 3.63) is 12.7 Å². The van der Waals surface area contributed by atoms with Gasteiger partial charge < -0.3 is 10.6 Å². The molecule has 2 N–H and O–H groups in total. The van der Waals surface area contributed by atoms with Crippen LogP contribution in [0.5, 0.6) is 0 Å². The highest BCUT2D eigenvalue weighted by molar-refractivity contribution is 5.81. The summed E-state index contributed by atoms with van der Waals surface area (Å²) in [6.45, 7) is 11.3. The van der Waals surface area contributed by atoms with Crippen LogP contribution in [-0.2, 0) is 4.79 Å². The topological polar surface area (TPSA) is 41.1 Å². The number of hydrogen-bond acceptors (Lipinski definition) is 2. The normalized spacial score (nSPS) is 12.5. The van der Waals surface area contributed by atoms with Crippen molar-refractivity contribution in [2.45, 2.75) is 39.7 Å². The molecule has 0 fully saturated rings. The van der Waals surface area contributed by atoms with E-state index in [0.717, 1.165) is 18.9 Å². The molecule has 0 saturated heterocycles. The zero-order valence-corrected chi connectivity index (χ0v) is 10.2. The molecular weight excluding hydrogens is 188 g/mol. The van der Waals surface area contributed by atoms with E-state index in [0.29, 0.717) is 6.54 Å². The van der Waals surface area contributed by atoms with Crippen molar-refractivity contribution >= 4 is 5.91 Å². The molecule has 1 amide bonds. The van der Waals surface area contributed by atoms with E-state index in [1.807, 2.05) is 6.92 Å². The van der Waals surface area contributed by atoms with Gasteiger partial charge in [-0.15, -0.1) is 6.58 Å². The quantitative estimate of drug-likeness (QED) is 0.475. The van der Waals surface area contributed by atoms with Crippen molar-refractivity contribution in [1.29, 1.82) is 0 Å². The van der Waals surface area contributed by atoms with E-state index in [2.05, 4.69) is 31.1 Å². The van der Waals surface area contributed by atoms with Crippen molar-refractivity contribution < 1.29 is 4.79 Å². The molecule has 0 saturated carbocycles. The molecule has 0 rings (SSSR count). The summed E-state index contributed by atoms with van der Waals surface area (Å²) in [6.07, 6.45) is 4.01. The van der Waals surface area contributed by atoms with Crippen molar-refractivity contribution in [1.82, 2.24) is 10.6 Å². The maximum Gasteiger partial charge on any atom is 0.237 e. The summed E-state index contributed by atoms with van der Waals surface area (Å²) in [5, 5.41) is 5.96. The zero-order valence-electron chi connectivity index (χ0n) is 10.2. The molecule has 0 bridgehead atoms. The second-order valence-corrected chi connectivity index (χ2v) is 4.25. The average molecular weight is 212 g/mol. The van der Waals surface area contributed by atoms with E-state index in [9.17, 15) is 4.79 Å². The summed E-state index contributed by atoms with van der Waals surface area (Å²) in [5.41, 5.74) is 0. The molecule has 0 aromatic rings. The summed E-state index contributed by atoms with van der Waals surface area (Å²) in [7, 11) is 0. The van der Waals surface area contributed by atoms with Crippen LogP contribution in [0.4, 0.5) is 0 Å². The minimum atomic E-state index is -0.114. The molecule has 1 atom stereocenters. The molecule has 1 unspecified atom stereocenters. The van der Waals surface area contributed by atoms with Gasteiger partial charge in [0.05, 0.1) is 6.04 Å². The Kier molecular flexibility index (Phi) is 8.01. The Bertz CT molecular complexity index is 190. The Morgan fingerprint density at radius 1 is 1.40 bits per heavy atom. The third kappa shape index (κ3) is 8.18. The van der Waals surface area contributed by atoms with Gasteiger partial charge in [0.25, 0.3) is 0 Å². The number of nitrogens with one attached hydrogen (secondary N) is 2. The number of carbonyl (C=O) groups excluding carboxylic acids is 1. The molecule has 88 valence electrons. The van der Waals surface area contributed by atoms with Gasteiger partial charge in [0.2, 0.25) is 5.91 Å². The van der Waals surface area contributed by atoms with Gasteiger partial charge in [-0.25, -0.2) is 0 Å². The fourth-order valence-electron chi connectivity index (χ4n) is 1.25. The number of amides is 1. The Labute approximate surface area is 93.3 Å². The highest BCUT2D eigenvalue weighted by Gasteiger charge is 2.09. The summed E-state index contributed by atoms with van der Waals surface area (Å²) >= 11 is 0. The van der Waals surface area contributed by atoms with E-state index in [4.69, 9.17) is 0 Å². The van der Waals surface area contributed by atoms with Crippen LogP contribution in [0.3, 0.4) is 0 Å². The van der Waals surface area contributed by atoms with Crippen molar-refractivity contribution in [2.24, 2.45) is 5.92 Å². The van der Waals surface area contributed by atoms with Crippen LogP contribution in [0.2, 0.25) is 0 Å². The SMILES string of the molecule is C=CCNC(=O)C(C)NCCCC(C)C. The maximum atomic E-state index is 11.4. The highest BCUT2D eigenvalue weighted by atomic mass is 16.2. The smallest absolute Gasteiger partial charge is 0.237 e.